The van der Waals surface area contributed by atoms with Gasteiger partial charge in [0.15, 0.2) is 5.82 Å². The normalized spacial score (nSPS) is 11.4. The minimum atomic E-state index is -4.59. The summed E-state index contributed by atoms with van der Waals surface area (Å²) in [5.74, 6) is -0.108. The Bertz CT molecular complexity index is 718. The Morgan fingerprint density at radius 1 is 1.43 bits per heavy atom. The van der Waals surface area contributed by atoms with Crippen LogP contribution < -0.4 is 10.9 Å². The van der Waals surface area contributed by atoms with Gasteiger partial charge in [-0.25, -0.2) is 0 Å². The van der Waals surface area contributed by atoms with Gasteiger partial charge in [0.05, 0.1) is 5.56 Å². The molecule has 0 aliphatic carbocycles. The number of anilines is 1. The van der Waals surface area contributed by atoms with Crippen molar-refractivity contribution in [2.75, 3.05) is 5.32 Å². The topological polar surface area (TPSA) is 77.1 Å². The fourth-order valence-electron chi connectivity index (χ4n) is 1.58. The number of carbonyl (C=O) groups is 1. The molecule has 0 radical (unpaired) electrons. The van der Waals surface area contributed by atoms with Crippen molar-refractivity contribution >= 4 is 11.7 Å². The van der Waals surface area contributed by atoms with Crippen molar-refractivity contribution in [2.45, 2.75) is 19.6 Å². The zero-order valence-corrected chi connectivity index (χ0v) is 10.8. The first-order chi connectivity index (χ1) is 9.75. The Balaban J connectivity index is 2.15. The molecule has 0 saturated carbocycles. The van der Waals surface area contributed by atoms with Crippen molar-refractivity contribution in [3.8, 4) is 0 Å². The summed E-state index contributed by atoms with van der Waals surface area (Å²) < 4.78 is 43.0. The molecular formula is C12H10F3N3O3. The molecule has 0 bridgehead atoms. The molecule has 2 rings (SSSR count). The minimum absolute atomic E-state index is 0.123. The molecule has 0 aliphatic heterocycles. The van der Waals surface area contributed by atoms with E-state index in [4.69, 9.17) is 4.52 Å². The molecule has 2 aromatic heterocycles. The molecule has 0 saturated heterocycles. The van der Waals surface area contributed by atoms with Crippen molar-refractivity contribution in [2.24, 2.45) is 0 Å². The number of rotatable bonds is 3. The number of aryl methyl sites for hydroxylation is 1. The van der Waals surface area contributed by atoms with Crippen molar-refractivity contribution in [1.82, 2.24) is 9.72 Å². The summed E-state index contributed by atoms with van der Waals surface area (Å²) in [6.45, 7) is 1.05. The summed E-state index contributed by atoms with van der Waals surface area (Å²) in [6.07, 6.45) is -3.99. The van der Waals surface area contributed by atoms with E-state index in [1.807, 2.05) is 0 Å². The second-order valence-electron chi connectivity index (χ2n) is 4.25. The highest BCUT2D eigenvalue weighted by molar-refractivity contribution is 5.89. The Kier molecular flexibility index (Phi) is 3.83. The Hall–Kier alpha value is -2.58. The summed E-state index contributed by atoms with van der Waals surface area (Å²) in [6, 6.07) is 2.86. The standard InChI is InChI=1S/C12H10F3N3O3/c1-7-4-9(17-21-7)16-10(19)6-18-5-8(12(13,14)15)2-3-11(18)20/h2-5H,6H2,1H3,(H,16,17,19). The van der Waals surface area contributed by atoms with Gasteiger partial charge in [-0.2, -0.15) is 13.2 Å². The summed E-state index contributed by atoms with van der Waals surface area (Å²) in [5, 5.41) is 5.81. The quantitative estimate of drug-likeness (QED) is 0.938. The summed E-state index contributed by atoms with van der Waals surface area (Å²) in [7, 11) is 0. The van der Waals surface area contributed by atoms with E-state index in [0.717, 1.165) is 6.07 Å². The molecule has 2 aromatic rings. The highest BCUT2D eigenvalue weighted by Gasteiger charge is 2.31. The molecule has 0 aliphatic rings. The van der Waals surface area contributed by atoms with E-state index in [-0.39, 0.29) is 5.82 Å². The predicted octanol–water partition coefficient (Wildman–Crippen LogP) is 1.80. The zero-order valence-electron chi connectivity index (χ0n) is 10.8. The molecule has 21 heavy (non-hydrogen) atoms. The van der Waals surface area contributed by atoms with Crippen molar-refractivity contribution in [3.05, 3.63) is 46.1 Å². The number of nitrogens with one attached hydrogen (secondary N) is 1. The van der Waals surface area contributed by atoms with Gasteiger partial charge >= 0.3 is 6.18 Å². The van der Waals surface area contributed by atoms with Crippen LogP contribution in [-0.4, -0.2) is 15.6 Å². The second-order valence-corrected chi connectivity index (χ2v) is 4.25. The summed E-state index contributed by atoms with van der Waals surface area (Å²) in [4.78, 5) is 23.1. The maximum Gasteiger partial charge on any atom is 0.417 e. The molecule has 0 aromatic carbocycles. The van der Waals surface area contributed by atoms with E-state index < -0.39 is 29.8 Å². The van der Waals surface area contributed by atoms with Crippen LogP contribution in [0.25, 0.3) is 0 Å². The molecule has 6 nitrogen and oxygen atoms in total. The number of pyridine rings is 1. The fourth-order valence-corrected chi connectivity index (χ4v) is 1.58. The van der Waals surface area contributed by atoms with E-state index in [9.17, 15) is 22.8 Å². The third-order valence-corrected chi connectivity index (χ3v) is 2.52. The van der Waals surface area contributed by atoms with Crippen LogP contribution in [0.4, 0.5) is 19.0 Å². The molecule has 1 N–H and O–H groups in total. The van der Waals surface area contributed by atoms with Crippen molar-refractivity contribution in [3.63, 3.8) is 0 Å². The van der Waals surface area contributed by atoms with Crippen LogP contribution in [0.1, 0.15) is 11.3 Å². The number of amides is 1. The lowest BCUT2D eigenvalue weighted by Crippen LogP contribution is -2.28. The van der Waals surface area contributed by atoms with Crippen LogP contribution in [-0.2, 0) is 17.5 Å². The van der Waals surface area contributed by atoms with Crippen molar-refractivity contribution in [1.29, 1.82) is 0 Å². The van der Waals surface area contributed by atoms with E-state index in [0.29, 0.717) is 22.6 Å². The molecule has 0 unspecified atom stereocenters. The van der Waals surface area contributed by atoms with Gasteiger partial charge in [0.25, 0.3) is 5.56 Å². The first-order valence-electron chi connectivity index (χ1n) is 5.76. The number of halogens is 3. The number of aromatic nitrogens is 2. The number of nitrogens with zero attached hydrogens (tertiary/aromatic N) is 2. The third-order valence-electron chi connectivity index (χ3n) is 2.52. The van der Waals surface area contributed by atoms with Crippen LogP contribution in [0, 0.1) is 6.92 Å². The van der Waals surface area contributed by atoms with E-state index in [1.54, 1.807) is 6.92 Å². The lowest BCUT2D eigenvalue weighted by atomic mass is 10.3. The Morgan fingerprint density at radius 3 is 2.71 bits per heavy atom. The van der Waals surface area contributed by atoms with E-state index >= 15 is 0 Å². The molecular weight excluding hydrogens is 291 g/mol. The maximum atomic E-state index is 12.5. The highest BCUT2D eigenvalue weighted by Crippen LogP contribution is 2.27. The number of hydrogen-bond donors (Lipinski definition) is 1. The van der Waals surface area contributed by atoms with Gasteiger partial charge in [0, 0.05) is 18.3 Å². The monoisotopic (exact) mass is 301 g/mol. The molecule has 0 spiro atoms. The second kappa shape index (κ2) is 5.43. The average molecular weight is 301 g/mol. The van der Waals surface area contributed by atoms with Crippen LogP contribution in [0.5, 0.6) is 0 Å². The summed E-state index contributed by atoms with van der Waals surface area (Å²) in [5.41, 5.74) is -1.72. The van der Waals surface area contributed by atoms with Gasteiger partial charge < -0.3 is 14.4 Å². The van der Waals surface area contributed by atoms with Gasteiger partial charge in [-0.3, -0.25) is 9.59 Å². The smallest absolute Gasteiger partial charge is 0.360 e. The van der Waals surface area contributed by atoms with E-state index in [1.165, 1.54) is 6.07 Å². The van der Waals surface area contributed by atoms with Gasteiger partial charge in [-0.05, 0) is 13.0 Å². The first kappa shape index (κ1) is 14.8. The summed E-state index contributed by atoms with van der Waals surface area (Å²) >= 11 is 0. The molecule has 0 atom stereocenters. The predicted molar refractivity (Wildman–Crippen MR) is 65.6 cm³/mol. The number of alkyl halides is 3. The molecule has 2 heterocycles. The van der Waals surface area contributed by atoms with Gasteiger partial charge in [0.2, 0.25) is 5.91 Å². The van der Waals surface area contributed by atoms with Crippen LogP contribution in [0.15, 0.2) is 33.7 Å². The van der Waals surface area contributed by atoms with Crippen LogP contribution in [0.2, 0.25) is 0 Å². The fraction of sp³-hybridized carbons (Fsp3) is 0.250. The number of hydrogen-bond acceptors (Lipinski definition) is 4. The van der Waals surface area contributed by atoms with Crippen molar-refractivity contribution < 1.29 is 22.5 Å². The lowest BCUT2D eigenvalue weighted by Gasteiger charge is -2.10. The molecule has 1 amide bonds. The molecule has 112 valence electrons. The minimum Gasteiger partial charge on any atom is -0.360 e. The average Bonchev–Trinajstić information content (AvgIpc) is 2.76. The third kappa shape index (κ3) is 3.71. The van der Waals surface area contributed by atoms with Gasteiger partial charge in [0.1, 0.15) is 12.3 Å². The van der Waals surface area contributed by atoms with Gasteiger partial charge in [-0.1, -0.05) is 5.16 Å². The SMILES string of the molecule is Cc1cc(NC(=O)Cn2cc(C(F)(F)F)ccc2=O)no1. The zero-order chi connectivity index (χ0) is 15.6. The van der Waals surface area contributed by atoms with Gasteiger partial charge in [-0.15, -0.1) is 0 Å². The van der Waals surface area contributed by atoms with E-state index in [2.05, 4.69) is 10.5 Å². The first-order valence-corrected chi connectivity index (χ1v) is 5.76. The van der Waals surface area contributed by atoms with Crippen LogP contribution >= 0.6 is 0 Å². The lowest BCUT2D eigenvalue weighted by molar-refractivity contribution is -0.138. The molecule has 0 fully saturated rings. The Labute approximate surface area is 116 Å². The maximum absolute atomic E-state index is 12.5. The Morgan fingerprint density at radius 2 is 2.14 bits per heavy atom. The van der Waals surface area contributed by atoms with Crippen LogP contribution in [0.3, 0.4) is 0 Å². The largest absolute Gasteiger partial charge is 0.417 e. The number of carbonyl (C=O) groups excluding carboxylic acids is 1. The highest BCUT2D eigenvalue weighted by atomic mass is 19.4. The molecule has 9 heteroatoms.